The Bertz CT molecular complexity index is 417. The number of aliphatic hydroxyl groups excluding tert-OH is 1. The molecule has 0 heterocycles. The number of nitrogens with one attached hydrogen (secondary N) is 1. The van der Waals surface area contributed by atoms with E-state index in [0.717, 1.165) is 15.8 Å². The maximum Gasteiger partial charge on any atom is 0.124 e. The van der Waals surface area contributed by atoms with Crippen LogP contribution in [0.5, 0.6) is 5.75 Å². The third-order valence-corrected chi connectivity index (χ3v) is 3.54. The monoisotopic (exact) mass is 361 g/mol. The summed E-state index contributed by atoms with van der Waals surface area (Å²) in [5, 5.41) is 13.0. The van der Waals surface area contributed by atoms with Gasteiger partial charge in [0.25, 0.3) is 0 Å². The largest absolute Gasteiger partial charge is 0.490 e. The van der Waals surface area contributed by atoms with Gasteiger partial charge in [0, 0.05) is 23.2 Å². The second-order valence-corrected chi connectivity index (χ2v) is 5.64. The van der Waals surface area contributed by atoms with Crippen molar-refractivity contribution in [2.45, 2.75) is 19.1 Å². The highest BCUT2D eigenvalue weighted by molar-refractivity contribution is 9.10. The van der Waals surface area contributed by atoms with Crippen LogP contribution in [0, 0.1) is 0 Å². The summed E-state index contributed by atoms with van der Waals surface area (Å²) in [6.45, 7) is 3.46. The van der Waals surface area contributed by atoms with Gasteiger partial charge in [0.2, 0.25) is 0 Å². The summed E-state index contributed by atoms with van der Waals surface area (Å²) < 4.78 is 16.8. The molecule has 0 fully saturated rings. The normalized spacial score (nSPS) is 14.0. The van der Waals surface area contributed by atoms with Crippen LogP contribution < -0.4 is 10.1 Å². The number of ether oxygens (including phenoxy) is 3. The Morgan fingerprint density at radius 3 is 2.71 bits per heavy atom. The van der Waals surface area contributed by atoms with Gasteiger partial charge in [-0.05, 0) is 32.2 Å². The average Bonchev–Trinajstić information content (AvgIpc) is 2.49. The molecule has 0 saturated heterocycles. The van der Waals surface area contributed by atoms with Gasteiger partial charge in [-0.15, -0.1) is 0 Å². The van der Waals surface area contributed by atoms with E-state index in [1.54, 1.807) is 7.11 Å². The van der Waals surface area contributed by atoms with Gasteiger partial charge in [0.1, 0.15) is 18.5 Å². The number of halogens is 1. The molecule has 1 rings (SSSR count). The minimum atomic E-state index is -0.664. The minimum Gasteiger partial charge on any atom is -0.490 e. The first kappa shape index (κ1) is 18.4. The highest BCUT2D eigenvalue weighted by Crippen LogP contribution is 2.28. The number of methoxy groups -OCH3 is 1. The highest BCUT2D eigenvalue weighted by atomic mass is 79.9. The van der Waals surface area contributed by atoms with Crippen LogP contribution in [0.1, 0.15) is 18.5 Å². The molecule has 0 aliphatic rings. The van der Waals surface area contributed by atoms with E-state index in [-0.39, 0.29) is 19.3 Å². The maximum absolute atomic E-state index is 9.84. The van der Waals surface area contributed by atoms with Crippen molar-refractivity contribution in [3.05, 3.63) is 28.2 Å². The van der Waals surface area contributed by atoms with Gasteiger partial charge in [-0.3, -0.25) is 0 Å². The third kappa shape index (κ3) is 6.76. The summed E-state index contributed by atoms with van der Waals surface area (Å²) in [6.07, 6.45) is -0.664. The zero-order valence-corrected chi connectivity index (χ0v) is 14.4. The topological polar surface area (TPSA) is 60.0 Å². The molecule has 0 amide bonds. The van der Waals surface area contributed by atoms with Crippen LogP contribution in [0.15, 0.2) is 22.7 Å². The SMILES string of the molecule is CNC(C)c1cc(Br)ccc1OCC(O)COCCOC. The predicted molar refractivity (Wildman–Crippen MR) is 85.8 cm³/mol. The van der Waals surface area contributed by atoms with Crippen molar-refractivity contribution in [3.63, 3.8) is 0 Å². The molecule has 2 N–H and O–H groups in total. The molecule has 21 heavy (non-hydrogen) atoms. The summed E-state index contributed by atoms with van der Waals surface area (Å²) in [4.78, 5) is 0. The van der Waals surface area contributed by atoms with Crippen LogP contribution in [0.25, 0.3) is 0 Å². The number of aliphatic hydroxyl groups is 1. The van der Waals surface area contributed by atoms with Crippen LogP contribution in [0.2, 0.25) is 0 Å². The molecule has 2 atom stereocenters. The van der Waals surface area contributed by atoms with Crippen LogP contribution >= 0.6 is 15.9 Å². The standard InChI is InChI=1S/C15H24BrNO4/c1-11(17-2)14-8-12(16)4-5-15(14)21-10-13(18)9-20-7-6-19-3/h4-5,8,11,13,17-18H,6-7,9-10H2,1-3H3. The zero-order chi connectivity index (χ0) is 15.7. The summed E-state index contributed by atoms with van der Waals surface area (Å²) in [5.74, 6) is 0.760. The van der Waals surface area contributed by atoms with E-state index < -0.39 is 6.10 Å². The summed E-state index contributed by atoms with van der Waals surface area (Å²) >= 11 is 3.46. The van der Waals surface area contributed by atoms with Crippen molar-refractivity contribution >= 4 is 15.9 Å². The summed E-state index contributed by atoms with van der Waals surface area (Å²) in [7, 11) is 3.51. The van der Waals surface area contributed by atoms with Gasteiger partial charge >= 0.3 is 0 Å². The van der Waals surface area contributed by atoms with Crippen molar-refractivity contribution < 1.29 is 19.3 Å². The van der Waals surface area contributed by atoms with Crippen molar-refractivity contribution in [2.24, 2.45) is 0 Å². The van der Waals surface area contributed by atoms with Crippen LogP contribution in [0.3, 0.4) is 0 Å². The molecule has 0 saturated carbocycles. The van der Waals surface area contributed by atoms with Crippen molar-refractivity contribution in [1.29, 1.82) is 0 Å². The quantitative estimate of drug-likeness (QED) is 0.625. The van der Waals surface area contributed by atoms with E-state index in [1.807, 2.05) is 25.2 Å². The number of benzene rings is 1. The predicted octanol–water partition coefficient (Wildman–Crippen LogP) is 2.13. The Morgan fingerprint density at radius 2 is 2.05 bits per heavy atom. The van der Waals surface area contributed by atoms with E-state index >= 15 is 0 Å². The lowest BCUT2D eigenvalue weighted by atomic mass is 10.1. The van der Waals surface area contributed by atoms with Gasteiger partial charge in [0.15, 0.2) is 0 Å². The molecule has 0 aromatic heterocycles. The highest BCUT2D eigenvalue weighted by Gasteiger charge is 2.13. The van der Waals surface area contributed by atoms with E-state index in [0.29, 0.717) is 13.2 Å². The lowest BCUT2D eigenvalue weighted by Gasteiger charge is -2.18. The average molecular weight is 362 g/mol. The van der Waals surface area contributed by atoms with Gasteiger partial charge in [-0.2, -0.15) is 0 Å². The number of hydrogen-bond donors (Lipinski definition) is 2. The lowest BCUT2D eigenvalue weighted by Crippen LogP contribution is -2.25. The van der Waals surface area contributed by atoms with Crippen LogP contribution in [-0.4, -0.2) is 51.8 Å². The van der Waals surface area contributed by atoms with Crippen LogP contribution in [0.4, 0.5) is 0 Å². The van der Waals surface area contributed by atoms with Crippen molar-refractivity contribution in [3.8, 4) is 5.75 Å². The molecular formula is C15H24BrNO4. The molecule has 0 radical (unpaired) electrons. The molecule has 1 aromatic rings. The van der Waals surface area contributed by atoms with Crippen LogP contribution in [-0.2, 0) is 9.47 Å². The first-order valence-corrected chi connectivity index (χ1v) is 7.72. The molecule has 0 aliphatic carbocycles. The van der Waals surface area contributed by atoms with E-state index in [2.05, 4.69) is 28.2 Å². The fourth-order valence-corrected chi connectivity index (χ4v) is 2.12. The third-order valence-electron chi connectivity index (χ3n) is 3.04. The first-order valence-electron chi connectivity index (χ1n) is 6.92. The van der Waals surface area contributed by atoms with Gasteiger partial charge in [-0.1, -0.05) is 15.9 Å². The molecule has 0 spiro atoms. The Balaban J connectivity index is 2.50. The molecule has 0 aliphatic heterocycles. The maximum atomic E-state index is 9.84. The van der Waals surface area contributed by atoms with E-state index in [9.17, 15) is 5.11 Å². The first-order chi connectivity index (χ1) is 10.1. The molecule has 6 heteroatoms. The molecule has 0 bridgehead atoms. The van der Waals surface area contributed by atoms with E-state index in [1.165, 1.54) is 0 Å². The zero-order valence-electron chi connectivity index (χ0n) is 12.8. The molecule has 2 unspecified atom stereocenters. The van der Waals surface area contributed by atoms with Crippen molar-refractivity contribution in [1.82, 2.24) is 5.32 Å². The fourth-order valence-electron chi connectivity index (χ4n) is 1.74. The van der Waals surface area contributed by atoms with Gasteiger partial charge in [0.05, 0.1) is 19.8 Å². The second-order valence-electron chi connectivity index (χ2n) is 4.73. The second kappa shape index (κ2) is 10.1. The van der Waals surface area contributed by atoms with Gasteiger partial charge < -0.3 is 24.6 Å². The molecule has 120 valence electrons. The van der Waals surface area contributed by atoms with E-state index in [4.69, 9.17) is 14.2 Å². The smallest absolute Gasteiger partial charge is 0.124 e. The molecule has 1 aromatic carbocycles. The Morgan fingerprint density at radius 1 is 1.29 bits per heavy atom. The summed E-state index contributed by atoms with van der Waals surface area (Å²) in [5.41, 5.74) is 1.04. The Labute approximate surface area is 134 Å². The Kier molecular flexibility index (Phi) is 8.87. The number of hydrogen-bond acceptors (Lipinski definition) is 5. The lowest BCUT2D eigenvalue weighted by molar-refractivity contribution is -0.00437. The molecule has 5 nitrogen and oxygen atoms in total. The summed E-state index contributed by atoms with van der Waals surface area (Å²) in [6, 6.07) is 5.99. The fraction of sp³-hybridized carbons (Fsp3) is 0.600. The number of rotatable bonds is 10. The molecular weight excluding hydrogens is 338 g/mol. The minimum absolute atomic E-state index is 0.160. The van der Waals surface area contributed by atoms with Crippen molar-refractivity contribution in [2.75, 3.05) is 40.6 Å². The van der Waals surface area contributed by atoms with Gasteiger partial charge in [-0.25, -0.2) is 0 Å². The Hall–Kier alpha value is -0.660.